The monoisotopic (exact) mass is 309 g/mol. The van der Waals surface area contributed by atoms with Gasteiger partial charge in [0.1, 0.15) is 11.8 Å². The minimum Gasteiger partial charge on any atom is -0.470 e. The zero-order valence-electron chi connectivity index (χ0n) is 13.0. The van der Waals surface area contributed by atoms with Crippen molar-refractivity contribution in [3.63, 3.8) is 0 Å². The Labute approximate surface area is 132 Å². The summed E-state index contributed by atoms with van der Waals surface area (Å²) < 4.78 is 5.39. The largest absolute Gasteiger partial charge is 0.470 e. The first-order chi connectivity index (χ1) is 10.2. The van der Waals surface area contributed by atoms with Gasteiger partial charge in [-0.05, 0) is 24.8 Å². The molecule has 1 aromatic heterocycles. The van der Waals surface area contributed by atoms with Crippen molar-refractivity contribution in [2.75, 3.05) is 6.61 Å². The second-order valence-corrected chi connectivity index (χ2v) is 5.22. The Balaban J connectivity index is 0.00000106. The molecule has 0 saturated heterocycles. The first-order valence-electron chi connectivity index (χ1n) is 7.63. The smallest absolute Gasteiger partial charge is 0.215 e. The third-order valence-electron chi connectivity index (χ3n) is 3.47. The molecule has 116 valence electrons. The van der Waals surface area contributed by atoms with Crippen molar-refractivity contribution >= 4 is 17.4 Å². The van der Waals surface area contributed by atoms with E-state index in [1.54, 1.807) is 18.2 Å². The summed E-state index contributed by atoms with van der Waals surface area (Å²) >= 11 is 5.76. The highest BCUT2D eigenvalue weighted by molar-refractivity contribution is 6.29. The molecule has 0 saturated carbocycles. The normalized spacial score (nSPS) is 20.4. The molecule has 0 spiro atoms. The summed E-state index contributed by atoms with van der Waals surface area (Å²) in [5, 5.41) is 0.369. The predicted octanol–water partition coefficient (Wildman–Crippen LogP) is 4.70. The van der Waals surface area contributed by atoms with Crippen LogP contribution < -0.4 is 4.74 Å². The summed E-state index contributed by atoms with van der Waals surface area (Å²) in [7, 11) is 0. The first-order valence-corrected chi connectivity index (χ1v) is 8.01. The predicted molar refractivity (Wildman–Crippen MR) is 86.7 cm³/mol. The molecule has 2 atom stereocenters. The Bertz CT molecular complexity index is 474. The fraction of sp³-hybridized carbons (Fsp3) is 0.529. The zero-order valence-corrected chi connectivity index (χ0v) is 13.8. The molecule has 21 heavy (non-hydrogen) atoms. The zero-order chi connectivity index (χ0) is 15.7. The van der Waals surface area contributed by atoms with E-state index in [9.17, 15) is 4.79 Å². The molecule has 0 aliphatic heterocycles. The molecule has 0 radical (unpaired) electrons. The number of nitrogens with zero attached hydrogens (tertiary/aromatic N) is 1. The van der Waals surface area contributed by atoms with Crippen LogP contribution in [0.15, 0.2) is 30.4 Å². The Kier molecular flexibility index (Phi) is 8.06. The number of ketones is 1. The lowest BCUT2D eigenvalue weighted by Crippen LogP contribution is -2.24. The highest BCUT2D eigenvalue weighted by Gasteiger charge is 2.22. The number of pyridine rings is 1. The highest BCUT2D eigenvalue weighted by atomic mass is 35.5. The van der Waals surface area contributed by atoms with Crippen LogP contribution >= 0.6 is 11.6 Å². The standard InChI is InChI=1S/C15H18ClNO2.C2H6/c1-2-11-5-3-6-12(9-11)13(18)10-19-15-8-4-7-14(16)17-15;1-2/h3-4,6-8,11-12H,2,5,9-10H2,1H3;1-2H3. The van der Waals surface area contributed by atoms with E-state index in [0.29, 0.717) is 17.0 Å². The van der Waals surface area contributed by atoms with Crippen LogP contribution in [-0.4, -0.2) is 17.4 Å². The fourth-order valence-electron chi connectivity index (χ4n) is 2.26. The van der Waals surface area contributed by atoms with Gasteiger partial charge in [-0.15, -0.1) is 0 Å². The number of Topliss-reactive ketones (excluding diaryl/α,β-unsaturated/α-hetero) is 1. The minimum absolute atomic E-state index is 0.0158. The van der Waals surface area contributed by atoms with E-state index in [2.05, 4.69) is 18.0 Å². The quantitative estimate of drug-likeness (QED) is 0.584. The topological polar surface area (TPSA) is 39.2 Å². The second-order valence-electron chi connectivity index (χ2n) is 4.83. The molecule has 0 fully saturated rings. The van der Waals surface area contributed by atoms with Crippen molar-refractivity contribution in [3.8, 4) is 5.88 Å². The summed E-state index contributed by atoms with van der Waals surface area (Å²) in [4.78, 5) is 16.1. The fourth-order valence-corrected chi connectivity index (χ4v) is 2.42. The lowest BCUT2D eigenvalue weighted by Gasteiger charge is -2.22. The summed E-state index contributed by atoms with van der Waals surface area (Å²) in [6.45, 7) is 6.22. The molecule has 0 bridgehead atoms. The van der Waals surface area contributed by atoms with E-state index in [-0.39, 0.29) is 18.3 Å². The van der Waals surface area contributed by atoms with Crippen LogP contribution in [0.3, 0.4) is 0 Å². The van der Waals surface area contributed by atoms with Crippen LogP contribution in [0, 0.1) is 11.8 Å². The molecule has 0 amide bonds. The number of ether oxygens (including phenoxy) is 1. The third-order valence-corrected chi connectivity index (χ3v) is 3.68. The minimum atomic E-state index is -0.0158. The van der Waals surface area contributed by atoms with Gasteiger partial charge in [-0.2, -0.15) is 0 Å². The van der Waals surface area contributed by atoms with Gasteiger partial charge in [0, 0.05) is 12.0 Å². The van der Waals surface area contributed by atoms with Crippen molar-refractivity contribution < 1.29 is 9.53 Å². The summed E-state index contributed by atoms with van der Waals surface area (Å²) in [5.41, 5.74) is 0. The van der Waals surface area contributed by atoms with Gasteiger partial charge in [0.05, 0.1) is 0 Å². The van der Waals surface area contributed by atoms with E-state index in [1.807, 2.05) is 19.9 Å². The van der Waals surface area contributed by atoms with Crippen LogP contribution in [0.1, 0.15) is 40.0 Å². The lowest BCUT2D eigenvalue weighted by molar-refractivity contribution is -0.124. The van der Waals surface area contributed by atoms with Gasteiger partial charge in [0.2, 0.25) is 5.88 Å². The molecule has 1 aromatic rings. The van der Waals surface area contributed by atoms with E-state index in [1.165, 1.54) is 0 Å². The molecule has 1 aliphatic carbocycles. The average molecular weight is 310 g/mol. The van der Waals surface area contributed by atoms with E-state index in [0.717, 1.165) is 19.3 Å². The number of carbonyl (C=O) groups is 1. The average Bonchev–Trinajstić information content (AvgIpc) is 2.54. The SMILES string of the molecule is CC.CCC1CC=CC(C(=O)COc2cccc(Cl)n2)C1. The van der Waals surface area contributed by atoms with Gasteiger partial charge in [-0.1, -0.05) is 57.0 Å². The number of hydrogen-bond acceptors (Lipinski definition) is 3. The Hall–Kier alpha value is -1.35. The molecule has 2 unspecified atom stereocenters. The summed E-state index contributed by atoms with van der Waals surface area (Å²) in [6.07, 6.45) is 7.24. The first kappa shape index (κ1) is 17.7. The summed E-state index contributed by atoms with van der Waals surface area (Å²) in [6, 6.07) is 5.12. The Morgan fingerprint density at radius 3 is 2.86 bits per heavy atom. The van der Waals surface area contributed by atoms with Gasteiger partial charge < -0.3 is 4.74 Å². The number of carbonyl (C=O) groups excluding carboxylic acids is 1. The van der Waals surface area contributed by atoms with Crippen molar-refractivity contribution in [3.05, 3.63) is 35.5 Å². The number of halogens is 1. The Morgan fingerprint density at radius 1 is 1.43 bits per heavy atom. The molecule has 4 heteroatoms. The van der Waals surface area contributed by atoms with Crippen molar-refractivity contribution in [2.45, 2.75) is 40.0 Å². The van der Waals surface area contributed by atoms with Crippen LogP contribution in [0.25, 0.3) is 0 Å². The maximum absolute atomic E-state index is 12.1. The van der Waals surface area contributed by atoms with Crippen LogP contribution in [-0.2, 0) is 4.79 Å². The van der Waals surface area contributed by atoms with E-state index in [4.69, 9.17) is 16.3 Å². The van der Waals surface area contributed by atoms with Crippen LogP contribution in [0.4, 0.5) is 0 Å². The lowest BCUT2D eigenvalue weighted by atomic mass is 9.83. The van der Waals surface area contributed by atoms with Crippen LogP contribution in [0.5, 0.6) is 5.88 Å². The van der Waals surface area contributed by atoms with Crippen LogP contribution in [0.2, 0.25) is 5.15 Å². The molecular formula is C17H24ClNO2. The third kappa shape index (κ3) is 5.88. The van der Waals surface area contributed by atoms with Gasteiger partial charge in [-0.3, -0.25) is 4.79 Å². The van der Waals surface area contributed by atoms with Crippen molar-refractivity contribution in [1.82, 2.24) is 4.98 Å². The number of aromatic nitrogens is 1. The van der Waals surface area contributed by atoms with Gasteiger partial charge in [0.15, 0.2) is 5.78 Å². The number of rotatable bonds is 5. The number of allylic oxidation sites excluding steroid dienone is 2. The molecule has 1 heterocycles. The molecule has 1 aliphatic rings. The second kappa shape index (κ2) is 9.56. The Morgan fingerprint density at radius 2 is 2.19 bits per heavy atom. The summed E-state index contributed by atoms with van der Waals surface area (Å²) in [5.74, 6) is 1.10. The molecule has 2 rings (SSSR count). The van der Waals surface area contributed by atoms with Gasteiger partial charge >= 0.3 is 0 Å². The maximum Gasteiger partial charge on any atom is 0.215 e. The molecule has 3 nitrogen and oxygen atoms in total. The van der Waals surface area contributed by atoms with E-state index >= 15 is 0 Å². The number of hydrogen-bond donors (Lipinski definition) is 0. The van der Waals surface area contributed by atoms with Gasteiger partial charge in [0.25, 0.3) is 0 Å². The highest BCUT2D eigenvalue weighted by Crippen LogP contribution is 2.26. The van der Waals surface area contributed by atoms with Crippen molar-refractivity contribution in [2.24, 2.45) is 11.8 Å². The molecule has 0 N–H and O–H groups in total. The van der Waals surface area contributed by atoms with E-state index < -0.39 is 0 Å². The molecule has 0 aromatic carbocycles. The van der Waals surface area contributed by atoms with Crippen molar-refractivity contribution in [1.29, 1.82) is 0 Å². The van der Waals surface area contributed by atoms with Gasteiger partial charge in [-0.25, -0.2) is 4.98 Å². The molecular weight excluding hydrogens is 286 g/mol. The maximum atomic E-state index is 12.1.